The van der Waals surface area contributed by atoms with Gasteiger partial charge < -0.3 is 9.64 Å². The number of anilines is 1. The van der Waals surface area contributed by atoms with E-state index in [2.05, 4.69) is 41.9 Å². The standard InChI is InChI=1S/C21H17NO3S/c1-14-6-16(8-18(7-14)17-4-5-26-13-17)10-22-19-9-15(11-23)2-3-20(19)25-12-21(22)24/h2-9,11,13H,10,12H2,1H3. The number of rotatable bonds is 4. The summed E-state index contributed by atoms with van der Waals surface area (Å²) in [5, 5.41) is 4.17. The maximum Gasteiger partial charge on any atom is 0.265 e. The van der Waals surface area contributed by atoms with Crippen LogP contribution < -0.4 is 9.64 Å². The monoisotopic (exact) mass is 363 g/mol. The van der Waals surface area contributed by atoms with Gasteiger partial charge in [0, 0.05) is 5.56 Å². The molecule has 2 aromatic carbocycles. The second-order valence-corrected chi connectivity index (χ2v) is 7.11. The first kappa shape index (κ1) is 16.5. The summed E-state index contributed by atoms with van der Waals surface area (Å²) in [5.41, 5.74) is 5.68. The van der Waals surface area contributed by atoms with Gasteiger partial charge in [0.05, 0.1) is 12.2 Å². The number of aldehydes is 1. The van der Waals surface area contributed by atoms with Crippen molar-refractivity contribution in [2.24, 2.45) is 0 Å². The normalized spacial score (nSPS) is 13.3. The summed E-state index contributed by atoms with van der Waals surface area (Å²) in [6.07, 6.45) is 0.777. The van der Waals surface area contributed by atoms with Gasteiger partial charge in [-0.2, -0.15) is 11.3 Å². The summed E-state index contributed by atoms with van der Waals surface area (Å²) in [4.78, 5) is 25.3. The lowest BCUT2D eigenvalue weighted by atomic mass is 10.0. The van der Waals surface area contributed by atoms with Crippen molar-refractivity contribution in [3.05, 3.63) is 69.9 Å². The summed E-state index contributed by atoms with van der Waals surface area (Å²) in [6, 6.07) is 13.6. The highest BCUT2D eigenvalue weighted by atomic mass is 32.1. The molecule has 0 saturated carbocycles. The molecule has 0 bridgehead atoms. The topological polar surface area (TPSA) is 46.6 Å². The molecule has 0 saturated heterocycles. The molecule has 130 valence electrons. The number of hydrogen-bond acceptors (Lipinski definition) is 4. The molecule has 1 amide bonds. The molecule has 2 heterocycles. The van der Waals surface area contributed by atoms with Crippen LogP contribution in [0.2, 0.25) is 0 Å². The van der Waals surface area contributed by atoms with Crippen LogP contribution in [0.4, 0.5) is 5.69 Å². The Morgan fingerprint density at radius 2 is 2.04 bits per heavy atom. The van der Waals surface area contributed by atoms with Crippen LogP contribution in [0, 0.1) is 6.92 Å². The first-order valence-electron chi connectivity index (χ1n) is 8.29. The van der Waals surface area contributed by atoms with Gasteiger partial charge >= 0.3 is 0 Å². The molecule has 4 nitrogen and oxygen atoms in total. The Balaban J connectivity index is 1.71. The highest BCUT2D eigenvalue weighted by Gasteiger charge is 2.26. The zero-order valence-electron chi connectivity index (χ0n) is 14.3. The van der Waals surface area contributed by atoms with E-state index in [0.717, 1.165) is 23.0 Å². The van der Waals surface area contributed by atoms with E-state index >= 15 is 0 Å². The molecular weight excluding hydrogens is 346 g/mol. The molecule has 0 unspecified atom stereocenters. The number of hydrogen-bond donors (Lipinski definition) is 0. The van der Waals surface area contributed by atoms with Crippen LogP contribution in [0.3, 0.4) is 0 Å². The maximum atomic E-state index is 12.5. The van der Waals surface area contributed by atoms with Gasteiger partial charge in [-0.05, 0) is 64.7 Å². The average molecular weight is 363 g/mol. The third-order valence-electron chi connectivity index (χ3n) is 4.39. The van der Waals surface area contributed by atoms with Crippen LogP contribution in [0.25, 0.3) is 11.1 Å². The van der Waals surface area contributed by atoms with E-state index in [4.69, 9.17) is 4.74 Å². The number of thiophene rings is 1. The number of carbonyl (C=O) groups excluding carboxylic acids is 2. The first-order chi connectivity index (χ1) is 12.6. The molecule has 0 fully saturated rings. The molecule has 0 spiro atoms. The van der Waals surface area contributed by atoms with Crippen molar-refractivity contribution in [1.29, 1.82) is 0 Å². The molecule has 0 radical (unpaired) electrons. The quantitative estimate of drug-likeness (QED) is 0.643. The van der Waals surface area contributed by atoms with Crippen LogP contribution in [-0.2, 0) is 11.3 Å². The Bertz CT molecular complexity index is 979. The lowest BCUT2D eigenvalue weighted by molar-refractivity contribution is -0.121. The van der Waals surface area contributed by atoms with Crippen LogP contribution >= 0.6 is 11.3 Å². The summed E-state index contributed by atoms with van der Waals surface area (Å²) in [6.45, 7) is 2.51. The van der Waals surface area contributed by atoms with Crippen molar-refractivity contribution in [3.8, 4) is 16.9 Å². The van der Waals surface area contributed by atoms with Crippen molar-refractivity contribution in [3.63, 3.8) is 0 Å². The predicted octanol–water partition coefficient (Wildman–Crippen LogP) is 4.46. The van der Waals surface area contributed by atoms with Crippen LogP contribution in [0.15, 0.2) is 53.2 Å². The highest BCUT2D eigenvalue weighted by Crippen LogP contribution is 2.34. The molecule has 4 rings (SSSR count). The molecular formula is C21H17NO3S. The third kappa shape index (κ3) is 3.13. The lowest BCUT2D eigenvalue weighted by Gasteiger charge is -2.30. The summed E-state index contributed by atoms with van der Waals surface area (Å²) in [5.74, 6) is 0.514. The molecule has 0 aliphatic carbocycles. The number of fused-ring (bicyclic) bond motifs is 1. The zero-order chi connectivity index (χ0) is 18.1. The molecule has 1 aliphatic rings. The van der Waals surface area contributed by atoms with E-state index in [-0.39, 0.29) is 12.5 Å². The van der Waals surface area contributed by atoms with Gasteiger partial charge in [-0.15, -0.1) is 0 Å². The van der Waals surface area contributed by atoms with Gasteiger partial charge in [-0.3, -0.25) is 9.59 Å². The van der Waals surface area contributed by atoms with Crippen molar-refractivity contribution in [2.75, 3.05) is 11.5 Å². The van der Waals surface area contributed by atoms with E-state index in [1.54, 1.807) is 34.4 Å². The molecule has 3 aromatic rings. The van der Waals surface area contributed by atoms with Gasteiger partial charge in [0.2, 0.25) is 0 Å². The van der Waals surface area contributed by atoms with E-state index < -0.39 is 0 Å². The minimum Gasteiger partial charge on any atom is -0.482 e. The van der Waals surface area contributed by atoms with Crippen LogP contribution in [0.5, 0.6) is 5.75 Å². The third-order valence-corrected chi connectivity index (χ3v) is 5.08. The largest absolute Gasteiger partial charge is 0.482 e. The van der Waals surface area contributed by atoms with Gasteiger partial charge in [0.1, 0.15) is 12.0 Å². The van der Waals surface area contributed by atoms with Crippen molar-refractivity contribution in [2.45, 2.75) is 13.5 Å². The Morgan fingerprint density at radius 3 is 2.81 bits per heavy atom. The maximum absolute atomic E-state index is 12.5. The van der Waals surface area contributed by atoms with E-state index in [9.17, 15) is 9.59 Å². The van der Waals surface area contributed by atoms with Gasteiger partial charge in [-0.1, -0.05) is 17.7 Å². The first-order valence-corrected chi connectivity index (χ1v) is 9.24. The number of ether oxygens (including phenoxy) is 1. The number of carbonyl (C=O) groups is 2. The van der Waals surface area contributed by atoms with Gasteiger partial charge in [0.15, 0.2) is 6.61 Å². The average Bonchev–Trinajstić information content (AvgIpc) is 3.18. The minimum absolute atomic E-state index is 0.0106. The van der Waals surface area contributed by atoms with E-state index in [0.29, 0.717) is 23.5 Å². The number of amides is 1. The van der Waals surface area contributed by atoms with Crippen LogP contribution in [-0.4, -0.2) is 18.8 Å². The van der Waals surface area contributed by atoms with Gasteiger partial charge in [-0.25, -0.2) is 0 Å². The predicted molar refractivity (Wildman–Crippen MR) is 103 cm³/mol. The van der Waals surface area contributed by atoms with Crippen LogP contribution in [0.1, 0.15) is 21.5 Å². The zero-order valence-corrected chi connectivity index (χ0v) is 15.1. The Kier molecular flexibility index (Phi) is 4.31. The van der Waals surface area contributed by atoms with Crippen molar-refractivity contribution >= 4 is 29.2 Å². The lowest BCUT2D eigenvalue weighted by Crippen LogP contribution is -2.38. The molecule has 0 N–H and O–H groups in total. The fourth-order valence-electron chi connectivity index (χ4n) is 3.20. The fourth-order valence-corrected chi connectivity index (χ4v) is 3.86. The Hall–Kier alpha value is -2.92. The van der Waals surface area contributed by atoms with E-state index in [1.165, 1.54) is 5.56 Å². The highest BCUT2D eigenvalue weighted by molar-refractivity contribution is 7.08. The van der Waals surface area contributed by atoms with Crippen molar-refractivity contribution in [1.82, 2.24) is 0 Å². The molecule has 26 heavy (non-hydrogen) atoms. The molecule has 0 atom stereocenters. The molecule has 1 aliphatic heterocycles. The Labute approximate surface area is 155 Å². The van der Waals surface area contributed by atoms with Gasteiger partial charge in [0.25, 0.3) is 5.91 Å². The molecule has 1 aromatic heterocycles. The number of aryl methyl sites for hydroxylation is 1. The Morgan fingerprint density at radius 1 is 1.15 bits per heavy atom. The summed E-state index contributed by atoms with van der Waals surface area (Å²) >= 11 is 1.66. The number of benzene rings is 2. The fraction of sp³-hybridized carbons (Fsp3) is 0.143. The molecule has 5 heteroatoms. The second-order valence-electron chi connectivity index (χ2n) is 6.33. The second kappa shape index (κ2) is 6.77. The summed E-state index contributed by atoms with van der Waals surface area (Å²) in [7, 11) is 0. The summed E-state index contributed by atoms with van der Waals surface area (Å²) < 4.78 is 5.50. The van der Waals surface area contributed by atoms with E-state index in [1.807, 2.05) is 0 Å². The SMILES string of the molecule is Cc1cc(CN2C(=O)COc3ccc(C=O)cc32)cc(-c2ccsc2)c1. The number of nitrogens with zero attached hydrogens (tertiary/aromatic N) is 1. The smallest absolute Gasteiger partial charge is 0.265 e. The minimum atomic E-state index is -0.112. The van der Waals surface area contributed by atoms with Crippen molar-refractivity contribution < 1.29 is 14.3 Å².